The predicted octanol–water partition coefficient (Wildman–Crippen LogP) is 3.09. The second-order valence-corrected chi connectivity index (χ2v) is 6.17. The molecule has 0 radical (unpaired) electrons. The van der Waals surface area contributed by atoms with Crippen LogP contribution in [0.25, 0.3) is 0 Å². The number of benzene rings is 2. The SMILES string of the molecule is CCNC(=NCc1cccc(NC(C)=O)c1)NCCOc1ccc(C)cc1. The van der Waals surface area contributed by atoms with E-state index in [1.165, 1.54) is 12.5 Å². The van der Waals surface area contributed by atoms with Crippen molar-refractivity contribution in [2.24, 2.45) is 4.99 Å². The predicted molar refractivity (Wildman–Crippen MR) is 110 cm³/mol. The number of guanidine groups is 1. The molecule has 0 bridgehead atoms. The van der Waals surface area contributed by atoms with E-state index < -0.39 is 0 Å². The second kappa shape index (κ2) is 10.9. The van der Waals surface area contributed by atoms with Gasteiger partial charge in [0.25, 0.3) is 0 Å². The van der Waals surface area contributed by atoms with Gasteiger partial charge in [0.2, 0.25) is 5.91 Å². The van der Waals surface area contributed by atoms with Crippen LogP contribution in [0.3, 0.4) is 0 Å². The van der Waals surface area contributed by atoms with Crippen molar-refractivity contribution in [1.29, 1.82) is 0 Å². The molecule has 144 valence electrons. The molecule has 0 atom stereocenters. The van der Waals surface area contributed by atoms with Crippen LogP contribution in [0.15, 0.2) is 53.5 Å². The highest BCUT2D eigenvalue weighted by Gasteiger charge is 2.00. The van der Waals surface area contributed by atoms with E-state index in [-0.39, 0.29) is 5.91 Å². The molecule has 27 heavy (non-hydrogen) atoms. The molecular weight excluding hydrogens is 340 g/mol. The molecule has 0 aliphatic heterocycles. The molecule has 2 rings (SSSR count). The maximum atomic E-state index is 11.2. The van der Waals surface area contributed by atoms with Crippen LogP contribution < -0.4 is 20.7 Å². The molecule has 0 saturated carbocycles. The van der Waals surface area contributed by atoms with Crippen molar-refractivity contribution in [3.63, 3.8) is 0 Å². The summed E-state index contributed by atoms with van der Waals surface area (Å²) in [7, 11) is 0. The molecule has 1 amide bonds. The van der Waals surface area contributed by atoms with E-state index in [1.54, 1.807) is 0 Å². The maximum Gasteiger partial charge on any atom is 0.221 e. The normalized spacial score (nSPS) is 11.0. The molecule has 3 N–H and O–H groups in total. The van der Waals surface area contributed by atoms with Gasteiger partial charge in [-0.05, 0) is 43.7 Å². The molecule has 0 spiro atoms. The summed E-state index contributed by atoms with van der Waals surface area (Å²) in [5, 5.41) is 9.27. The topological polar surface area (TPSA) is 74.8 Å². The summed E-state index contributed by atoms with van der Waals surface area (Å²) >= 11 is 0. The van der Waals surface area contributed by atoms with Crippen molar-refractivity contribution in [2.75, 3.05) is 25.0 Å². The van der Waals surface area contributed by atoms with E-state index in [0.717, 1.165) is 29.5 Å². The molecular formula is C21H28N4O2. The van der Waals surface area contributed by atoms with Gasteiger partial charge in [-0.3, -0.25) is 4.79 Å². The number of hydrogen-bond donors (Lipinski definition) is 3. The fourth-order valence-electron chi connectivity index (χ4n) is 2.44. The minimum absolute atomic E-state index is 0.0840. The Bertz CT molecular complexity index is 757. The quantitative estimate of drug-likeness (QED) is 0.380. The minimum atomic E-state index is -0.0840. The number of nitrogens with zero attached hydrogens (tertiary/aromatic N) is 1. The lowest BCUT2D eigenvalue weighted by Crippen LogP contribution is -2.39. The molecule has 0 aliphatic carbocycles. The Hall–Kier alpha value is -3.02. The Morgan fingerprint density at radius 2 is 1.89 bits per heavy atom. The third kappa shape index (κ3) is 7.81. The number of aryl methyl sites for hydroxylation is 1. The first-order valence-corrected chi connectivity index (χ1v) is 9.15. The third-order valence-electron chi connectivity index (χ3n) is 3.70. The lowest BCUT2D eigenvalue weighted by molar-refractivity contribution is -0.114. The van der Waals surface area contributed by atoms with Gasteiger partial charge in [-0.1, -0.05) is 29.8 Å². The summed E-state index contributed by atoms with van der Waals surface area (Å²) in [4.78, 5) is 15.8. The van der Waals surface area contributed by atoms with Gasteiger partial charge < -0.3 is 20.7 Å². The molecule has 6 nitrogen and oxygen atoms in total. The first-order valence-electron chi connectivity index (χ1n) is 9.15. The lowest BCUT2D eigenvalue weighted by atomic mass is 10.2. The van der Waals surface area contributed by atoms with Gasteiger partial charge in [0.15, 0.2) is 5.96 Å². The highest BCUT2D eigenvalue weighted by atomic mass is 16.5. The van der Waals surface area contributed by atoms with E-state index in [4.69, 9.17) is 4.74 Å². The zero-order valence-electron chi connectivity index (χ0n) is 16.2. The smallest absolute Gasteiger partial charge is 0.221 e. The van der Waals surface area contributed by atoms with Crippen LogP contribution in [0, 0.1) is 6.92 Å². The van der Waals surface area contributed by atoms with Gasteiger partial charge in [0.1, 0.15) is 12.4 Å². The zero-order chi connectivity index (χ0) is 19.5. The fraction of sp³-hybridized carbons (Fsp3) is 0.333. The Kier molecular flexibility index (Phi) is 8.16. The average Bonchev–Trinajstić information content (AvgIpc) is 2.64. The first kappa shape index (κ1) is 20.3. The number of nitrogens with one attached hydrogen (secondary N) is 3. The van der Waals surface area contributed by atoms with Crippen LogP contribution in [0.5, 0.6) is 5.75 Å². The van der Waals surface area contributed by atoms with E-state index in [2.05, 4.69) is 27.9 Å². The maximum absolute atomic E-state index is 11.2. The third-order valence-corrected chi connectivity index (χ3v) is 3.70. The number of amides is 1. The van der Waals surface area contributed by atoms with E-state index in [9.17, 15) is 4.79 Å². The molecule has 0 unspecified atom stereocenters. The number of aliphatic imine (C=N–C) groups is 1. The van der Waals surface area contributed by atoms with Gasteiger partial charge in [0.05, 0.1) is 13.1 Å². The average molecular weight is 368 g/mol. The molecule has 2 aromatic rings. The van der Waals surface area contributed by atoms with Crippen LogP contribution >= 0.6 is 0 Å². The molecule has 0 aromatic heterocycles. The van der Waals surface area contributed by atoms with E-state index in [0.29, 0.717) is 19.7 Å². The van der Waals surface area contributed by atoms with Gasteiger partial charge in [-0.15, -0.1) is 0 Å². The van der Waals surface area contributed by atoms with Crippen molar-refractivity contribution in [3.8, 4) is 5.75 Å². The van der Waals surface area contributed by atoms with Crippen LogP contribution in [-0.4, -0.2) is 31.6 Å². The van der Waals surface area contributed by atoms with Crippen molar-refractivity contribution in [3.05, 3.63) is 59.7 Å². The number of anilines is 1. The molecule has 0 fully saturated rings. The summed E-state index contributed by atoms with van der Waals surface area (Å²) in [5.74, 6) is 1.51. The number of carbonyl (C=O) groups is 1. The number of rotatable bonds is 8. The second-order valence-electron chi connectivity index (χ2n) is 6.17. The van der Waals surface area contributed by atoms with E-state index >= 15 is 0 Å². The molecule has 0 aliphatic rings. The summed E-state index contributed by atoms with van der Waals surface area (Å²) in [6.07, 6.45) is 0. The Morgan fingerprint density at radius 3 is 2.59 bits per heavy atom. The van der Waals surface area contributed by atoms with Crippen LogP contribution in [0.1, 0.15) is 25.0 Å². The van der Waals surface area contributed by atoms with Crippen LogP contribution in [0.4, 0.5) is 5.69 Å². The van der Waals surface area contributed by atoms with Gasteiger partial charge in [-0.25, -0.2) is 4.99 Å². The monoisotopic (exact) mass is 368 g/mol. The standard InChI is InChI=1S/C21H28N4O2/c1-4-22-21(23-12-13-27-20-10-8-16(2)9-11-20)24-15-18-6-5-7-19(14-18)25-17(3)26/h5-11,14H,4,12-13,15H2,1-3H3,(H,25,26)(H2,22,23,24). The number of hydrogen-bond acceptors (Lipinski definition) is 3. The van der Waals surface area contributed by atoms with Gasteiger partial charge >= 0.3 is 0 Å². The Morgan fingerprint density at radius 1 is 1.11 bits per heavy atom. The number of ether oxygens (including phenoxy) is 1. The van der Waals surface area contributed by atoms with Gasteiger partial charge in [-0.2, -0.15) is 0 Å². The fourth-order valence-corrected chi connectivity index (χ4v) is 2.44. The lowest BCUT2D eigenvalue weighted by Gasteiger charge is -2.12. The highest BCUT2D eigenvalue weighted by Crippen LogP contribution is 2.12. The summed E-state index contributed by atoms with van der Waals surface area (Å²) in [6, 6.07) is 15.7. The van der Waals surface area contributed by atoms with Gasteiger partial charge in [0, 0.05) is 19.2 Å². The Labute approximate surface area is 161 Å². The van der Waals surface area contributed by atoms with Crippen molar-refractivity contribution in [2.45, 2.75) is 27.3 Å². The summed E-state index contributed by atoms with van der Waals surface area (Å²) in [6.45, 7) is 8.06. The summed E-state index contributed by atoms with van der Waals surface area (Å²) in [5.41, 5.74) is 3.01. The van der Waals surface area contributed by atoms with E-state index in [1.807, 2.05) is 55.5 Å². The zero-order valence-corrected chi connectivity index (χ0v) is 16.2. The molecule has 0 heterocycles. The minimum Gasteiger partial charge on any atom is -0.492 e. The molecule has 6 heteroatoms. The van der Waals surface area contributed by atoms with Crippen LogP contribution in [-0.2, 0) is 11.3 Å². The molecule has 0 saturated heterocycles. The van der Waals surface area contributed by atoms with Crippen LogP contribution in [0.2, 0.25) is 0 Å². The summed E-state index contributed by atoms with van der Waals surface area (Å²) < 4.78 is 5.72. The van der Waals surface area contributed by atoms with Crippen molar-refractivity contribution in [1.82, 2.24) is 10.6 Å². The Balaban J connectivity index is 1.84. The highest BCUT2D eigenvalue weighted by molar-refractivity contribution is 5.88. The number of carbonyl (C=O) groups excluding carboxylic acids is 1. The van der Waals surface area contributed by atoms with Crippen molar-refractivity contribution >= 4 is 17.6 Å². The first-order chi connectivity index (χ1) is 13.1. The molecule has 2 aromatic carbocycles. The van der Waals surface area contributed by atoms with Crippen molar-refractivity contribution < 1.29 is 9.53 Å². The largest absolute Gasteiger partial charge is 0.492 e.